The number of benzene rings is 3. The van der Waals surface area contributed by atoms with Crippen molar-refractivity contribution in [2.24, 2.45) is 0 Å². The zero-order chi connectivity index (χ0) is 28.6. The van der Waals surface area contributed by atoms with Crippen molar-refractivity contribution in [3.05, 3.63) is 84.2 Å². The van der Waals surface area contributed by atoms with Crippen molar-refractivity contribution in [2.75, 3.05) is 31.6 Å². The Labute approximate surface area is 228 Å². The van der Waals surface area contributed by atoms with Crippen LogP contribution in [0.1, 0.15) is 19.4 Å². The summed E-state index contributed by atoms with van der Waals surface area (Å²) in [4.78, 5) is 27.7. The summed E-state index contributed by atoms with van der Waals surface area (Å²) >= 11 is 0. The van der Waals surface area contributed by atoms with Crippen LogP contribution >= 0.6 is 0 Å². The number of amides is 2. The van der Waals surface area contributed by atoms with Gasteiger partial charge >= 0.3 is 0 Å². The van der Waals surface area contributed by atoms with E-state index in [9.17, 15) is 22.4 Å². The Kier molecular flexibility index (Phi) is 9.89. The molecule has 1 atom stereocenters. The molecule has 1 unspecified atom stereocenters. The molecule has 3 aromatic carbocycles. The number of anilines is 1. The maximum atomic E-state index is 13.8. The standard InChI is InChI=1S/C28H32FN3O6S/c1-5-30-28(34)20(2)31(18-21-6-12-24(37-3)13-7-21)27(33)19-32(23-10-8-22(29)9-11-23)39(35,36)26-16-14-25(38-4)15-17-26/h6-17,20H,5,18-19H2,1-4H3,(H,30,34). The molecule has 2 amide bonds. The van der Waals surface area contributed by atoms with E-state index in [0.29, 0.717) is 23.6 Å². The predicted octanol–water partition coefficient (Wildman–Crippen LogP) is 3.59. The lowest BCUT2D eigenvalue weighted by molar-refractivity contribution is -0.139. The number of halogens is 1. The van der Waals surface area contributed by atoms with Gasteiger partial charge in [0, 0.05) is 13.1 Å². The van der Waals surface area contributed by atoms with Gasteiger partial charge in [-0.15, -0.1) is 0 Å². The van der Waals surface area contributed by atoms with Crippen molar-refractivity contribution in [1.82, 2.24) is 10.2 Å². The highest BCUT2D eigenvalue weighted by atomic mass is 32.2. The molecule has 9 nitrogen and oxygen atoms in total. The number of rotatable bonds is 12. The van der Waals surface area contributed by atoms with Crippen LogP contribution in [0.2, 0.25) is 0 Å². The number of sulfonamides is 1. The number of ether oxygens (including phenoxy) is 2. The van der Waals surface area contributed by atoms with E-state index >= 15 is 0 Å². The van der Waals surface area contributed by atoms with Gasteiger partial charge in [-0.3, -0.25) is 13.9 Å². The summed E-state index contributed by atoms with van der Waals surface area (Å²) in [7, 11) is -1.27. The third-order valence-electron chi connectivity index (χ3n) is 6.07. The molecule has 0 fully saturated rings. The van der Waals surface area contributed by atoms with Crippen LogP contribution in [0.3, 0.4) is 0 Å². The van der Waals surface area contributed by atoms with E-state index in [-0.39, 0.29) is 23.0 Å². The van der Waals surface area contributed by atoms with Crippen LogP contribution in [0.15, 0.2) is 77.7 Å². The number of carbonyl (C=O) groups excluding carboxylic acids is 2. The van der Waals surface area contributed by atoms with E-state index in [1.54, 1.807) is 38.1 Å². The molecule has 39 heavy (non-hydrogen) atoms. The SMILES string of the molecule is CCNC(=O)C(C)N(Cc1ccc(OC)cc1)C(=O)CN(c1ccc(F)cc1)S(=O)(=O)c1ccc(OC)cc1. The largest absolute Gasteiger partial charge is 0.497 e. The first-order valence-corrected chi connectivity index (χ1v) is 13.7. The van der Waals surface area contributed by atoms with Crippen molar-refractivity contribution in [2.45, 2.75) is 31.3 Å². The third kappa shape index (κ3) is 7.26. The Morgan fingerprint density at radius 1 is 0.897 bits per heavy atom. The minimum atomic E-state index is -4.27. The Morgan fingerprint density at radius 2 is 1.44 bits per heavy atom. The summed E-state index contributed by atoms with van der Waals surface area (Å²) < 4.78 is 52.4. The number of hydrogen-bond acceptors (Lipinski definition) is 6. The summed E-state index contributed by atoms with van der Waals surface area (Å²) in [6, 6.07) is 16.6. The maximum absolute atomic E-state index is 13.8. The smallest absolute Gasteiger partial charge is 0.264 e. The fraction of sp³-hybridized carbons (Fsp3) is 0.286. The first-order valence-electron chi connectivity index (χ1n) is 12.2. The molecule has 0 aliphatic heterocycles. The molecule has 0 bridgehead atoms. The van der Waals surface area contributed by atoms with Crippen molar-refractivity contribution in [1.29, 1.82) is 0 Å². The van der Waals surface area contributed by atoms with Gasteiger partial charge in [0.05, 0.1) is 24.8 Å². The minimum absolute atomic E-state index is 0.0426. The molecule has 3 rings (SSSR count). The molecule has 0 aliphatic rings. The molecule has 0 heterocycles. The van der Waals surface area contributed by atoms with Gasteiger partial charge in [0.2, 0.25) is 11.8 Å². The summed E-state index contributed by atoms with van der Waals surface area (Å²) in [5.74, 6) is -0.476. The summed E-state index contributed by atoms with van der Waals surface area (Å²) in [6.07, 6.45) is 0. The van der Waals surface area contributed by atoms with Gasteiger partial charge in [0.1, 0.15) is 29.9 Å². The first kappa shape index (κ1) is 29.4. The van der Waals surface area contributed by atoms with Gasteiger partial charge in [0.25, 0.3) is 10.0 Å². The molecule has 0 radical (unpaired) electrons. The van der Waals surface area contributed by atoms with Gasteiger partial charge < -0.3 is 19.7 Å². The molecular weight excluding hydrogens is 525 g/mol. The molecule has 0 saturated heterocycles. The third-order valence-corrected chi connectivity index (χ3v) is 7.86. The fourth-order valence-corrected chi connectivity index (χ4v) is 5.26. The zero-order valence-electron chi connectivity index (χ0n) is 22.3. The predicted molar refractivity (Wildman–Crippen MR) is 146 cm³/mol. The van der Waals surface area contributed by atoms with Crippen molar-refractivity contribution in [3.8, 4) is 11.5 Å². The second-order valence-corrected chi connectivity index (χ2v) is 10.5. The van der Waals surface area contributed by atoms with E-state index in [4.69, 9.17) is 9.47 Å². The molecular formula is C28H32FN3O6S. The number of hydrogen-bond donors (Lipinski definition) is 1. The van der Waals surface area contributed by atoms with Gasteiger partial charge in [0.15, 0.2) is 0 Å². The van der Waals surface area contributed by atoms with Crippen molar-refractivity contribution in [3.63, 3.8) is 0 Å². The Balaban J connectivity index is 2.01. The number of methoxy groups -OCH3 is 2. The lowest BCUT2D eigenvalue weighted by atomic mass is 10.1. The Hall–Kier alpha value is -4.12. The van der Waals surface area contributed by atoms with E-state index in [2.05, 4.69) is 5.32 Å². The average Bonchev–Trinajstić information content (AvgIpc) is 2.95. The van der Waals surface area contributed by atoms with Gasteiger partial charge in [-0.2, -0.15) is 0 Å². The maximum Gasteiger partial charge on any atom is 0.264 e. The Morgan fingerprint density at radius 3 is 1.95 bits per heavy atom. The van der Waals surface area contributed by atoms with Crippen LogP contribution < -0.4 is 19.1 Å². The molecule has 11 heteroatoms. The van der Waals surface area contributed by atoms with E-state index in [0.717, 1.165) is 16.4 Å². The number of nitrogens with one attached hydrogen (secondary N) is 1. The van der Waals surface area contributed by atoms with Crippen LogP contribution in [0, 0.1) is 5.82 Å². The highest BCUT2D eigenvalue weighted by Crippen LogP contribution is 2.26. The highest BCUT2D eigenvalue weighted by Gasteiger charge is 2.32. The topological polar surface area (TPSA) is 105 Å². The number of carbonyl (C=O) groups is 2. The minimum Gasteiger partial charge on any atom is -0.497 e. The molecule has 0 spiro atoms. The highest BCUT2D eigenvalue weighted by molar-refractivity contribution is 7.92. The van der Waals surface area contributed by atoms with Crippen LogP contribution in [0.4, 0.5) is 10.1 Å². The Bertz CT molecular complexity index is 1360. The van der Waals surface area contributed by atoms with Gasteiger partial charge in [-0.25, -0.2) is 12.8 Å². The second-order valence-electron chi connectivity index (χ2n) is 8.60. The summed E-state index contributed by atoms with van der Waals surface area (Å²) in [6.45, 7) is 3.12. The molecule has 0 aromatic heterocycles. The molecule has 208 valence electrons. The molecule has 0 aliphatic carbocycles. The summed E-state index contributed by atoms with van der Waals surface area (Å²) in [5, 5.41) is 2.70. The second kappa shape index (κ2) is 13.1. The monoisotopic (exact) mass is 557 g/mol. The van der Waals surface area contributed by atoms with Crippen LogP contribution in [0.5, 0.6) is 11.5 Å². The number of nitrogens with zero attached hydrogens (tertiary/aromatic N) is 2. The van der Waals surface area contributed by atoms with E-state index in [1.807, 2.05) is 0 Å². The molecule has 3 aromatic rings. The molecule has 0 saturated carbocycles. The quantitative estimate of drug-likeness (QED) is 0.365. The van der Waals surface area contributed by atoms with Gasteiger partial charge in [-0.1, -0.05) is 12.1 Å². The van der Waals surface area contributed by atoms with Gasteiger partial charge in [-0.05, 0) is 80.1 Å². The fourth-order valence-electron chi connectivity index (χ4n) is 3.84. The molecule has 1 N–H and O–H groups in total. The number of likely N-dealkylation sites (N-methyl/N-ethyl adjacent to an activating group) is 1. The van der Waals surface area contributed by atoms with E-state index in [1.165, 1.54) is 55.5 Å². The summed E-state index contributed by atoms with van der Waals surface area (Å²) in [5.41, 5.74) is 0.808. The van der Waals surface area contributed by atoms with Crippen LogP contribution in [-0.4, -0.2) is 58.5 Å². The normalized spacial score (nSPS) is 11.8. The average molecular weight is 558 g/mol. The first-order chi connectivity index (χ1) is 18.6. The van der Waals surface area contributed by atoms with Crippen LogP contribution in [0.25, 0.3) is 0 Å². The van der Waals surface area contributed by atoms with Crippen molar-refractivity contribution >= 4 is 27.5 Å². The van der Waals surface area contributed by atoms with Crippen LogP contribution in [-0.2, 0) is 26.2 Å². The van der Waals surface area contributed by atoms with E-state index < -0.39 is 34.3 Å². The zero-order valence-corrected chi connectivity index (χ0v) is 23.1. The lowest BCUT2D eigenvalue weighted by Gasteiger charge is -2.32. The lowest BCUT2D eigenvalue weighted by Crippen LogP contribution is -2.51. The van der Waals surface area contributed by atoms with Crippen molar-refractivity contribution < 1.29 is 31.9 Å².